The summed E-state index contributed by atoms with van der Waals surface area (Å²) in [5.41, 5.74) is 0.0245. The van der Waals surface area contributed by atoms with E-state index in [2.05, 4.69) is 4.98 Å². The van der Waals surface area contributed by atoms with Gasteiger partial charge in [0.25, 0.3) is 17.3 Å². The van der Waals surface area contributed by atoms with Crippen LogP contribution in [0.3, 0.4) is 0 Å². The summed E-state index contributed by atoms with van der Waals surface area (Å²) in [5, 5.41) is 11.1. The van der Waals surface area contributed by atoms with Gasteiger partial charge in [-0.1, -0.05) is 0 Å². The van der Waals surface area contributed by atoms with Crippen LogP contribution in [0.5, 0.6) is 6.01 Å². The van der Waals surface area contributed by atoms with Gasteiger partial charge in [-0.2, -0.15) is 4.98 Å². The van der Waals surface area contributed by atoms with Crippen molar-refractivity contribution in [2.45, 2.75) is 39.3 Å². The maximum atomic E-state index is 12.7. The van der Waals surface area contributed by atoms with Crippen LogP contribution >= 0.6 is 0 Å². The molecule has 3 rings (SSSR count). The van der Waals surface area contributed by atoms with Crippen molar-refractivity contribution in [1.82, 2.24) is 9.55 Å². The molecule has 1 heterocycles. The lowest BCUT2D eigenvalue weighted by molar-refractivity contribution is -0.384. The van der Waals surface area contributed by atoms with Gasteiger partial charge in [0.05, 0.1) is 21.9 Å². The molecule has 0 amide bonds. The standard InChI is InChI=1S/C15H17N3O4/c1-9(2)22-15-16-13-6-5-11(18(20)21)7-12(13)14(19)17(15)8-10-3-4-10/h5-7,9-10H,3-4,8H2,1-2H3. The average Bonchev–Trinajstić information content (AvgIpc) is 3.26. The van der Waals surface area contributed by atoms with Crippen molar-refractivity contribution in [3.8, 4) is 6.01 Å². The monoisotopic (exact) mass is 303 g/mol. The second-order valence-electron chi connectivity index (χ2n) is 5.88. The highest BCUT2D eigenvalue weighted by atomic mass is 16.6. The molecule has 1 aromatic heterocycles. The molecular formula is C15H17N3O4. The molecule has 116 valence electrons. The van der Waals surface area contributed by atoms with Crippen molar-refractivity contribution in [2.24, 2.45) is 5.92 Å². The molecule has 22 heavy (non-hydrogen) atoms. The highest BCUT2D eigenvalue weighted by Gasteiger charge is 2.25. The smallest absolute Gasteiger partial charge is 0.300 e. The number of rotatable bonds is 5. The summed E-state index contributed by atoms with van der Waals surface area (Å²) in [5.74, 6) is 0.463. The summed E-state index contributed by atoms with van der Waals surface area (Å²) in [4.78, 5) is 27.4. The van der Waals surface area contributed by atoms with Gasteiger partial charge in [-0.05, 0) is 38.7 Å². The van der Waals surface area contributed by atoms with E-state index in [1.165, 1.54) is 22.8 Å². The zero-order valence-corrected chi connectivity index (χ0v) is 12.5. The van der Waals surface area contributed by atoms with E-state index in [0.717, 1.165) is 12.8 Å². The highest BCUT2D eigenvalue weighted by Crippen LogP contribution is 2.31. The van der Waals surface area contributed by atoms with Gasteiger partial charge >= 0.3 is 0 Å². The molecular weight excluding hydrogens is 286 g/mol. The van der Waals surface area contributed by atoms with Gasteiger partial charge in [-0.25, -0.2) is 0 Å². The summed E-state index contributed by atoms with van der Waals surface area (Å²) < 4.78 is 7.16. The molecule has 0 spiro atoms. The number of fused-ring (bicyclic) bond motifs is 1. The van der Waals surface area contributed by atoms with E-state index in [4.69, 9.17) is 4.74 Å². The molecule has 1 aliphatic rings. The zero-order valence-electron chi connectivity index (χ0n) is 12.5. The second-order valence-corrected chi connectivity index (χ2v) is 5.88. The fourth-order valence-corrected chi connectivity index (χ4v) is 2.32. The Labute approximate surface area is 126 Å². The quantitative estimate of drug-likeness (QED) is 0.625. The van der Waals surface area contributed by atoms with Gasteiger partial charge < -0.3 is 4.74 Å². The molecule has 1 saturated carbocycles. The van der Waals surface area contributed by atoms with E-state index in [1.807, 2.05) is 13.8 Å². The lowest BCUT2D eigenvalue weighted by Gasteiger charge is -2.15. The van der Waals surface area contributed by atoms with Crippen molar-refractivity contribution in [3.63, 3.8) is 0 Å². The van der Waals surface area contributed by atoms with Crippen LogP contribution < -0.4 is 10.3 Å². The number of nitrogens with zero attached hydrogens (tertiary/aromatic N) is 3. The van der Waals surface area contributed by atoms with Crippen molar-refractivity contribution < 1.29 is 9.66 Å². The maximum absolute atomic E-state index is 12.7. The van der Waals surface area contributed by atoms with E-state index in [-0.39, 0.29) is 28.7 Å². The number of nitro groups is 1. The third kappa shape index (κ3) is 2.79. The Kier molecular flexibility index (Phi) is 3.56. The Balaban J connectivity index is 2.18. The van der Waals surface area contributed by atoms with Crippen LogP contribution in [0.4, 0.5) is 5.69 Å². The number of non-ortho nitro benzene ring substituents is 1. The Morgan fingerprint density at radius 3 is 2.77 bits per heavy atom. The molecule has 0 N–H and O–H groups in total. The van der Waals surface area contributed by atoms with Gasteiger partial charge in [0, 0.05) is 18.7 Å². The molecule has 0 unspecified atom stereocenters. The van der Waals surface area contributed by atoms with Crippen LogP contribution in [0, 0.1) is 16.0 Å². The fourth-order valence-electron chi connectivity index (χ4n) is 2.32. The second kappa shape index (κ2) is 5.40. The number of hydrogen-bond donors (Lipinski definition) is 0. The minimum Gasteiger partial charge on any atom is -0.462 e. The molecule has 0 saturated heterocycles. The zero-order chi connectivity index (χ0) is 15.9. The predicted octanol–water partition coefficient (Wildman–Crippen LogP) is 2.50. The summed E-state index contributed by atoms with van der Waals surface area (Å²) in [7, 11) is 0. The summed E-state index contributed by atoms with van der Waals surface area (Å²) in [6.07, 6.45) is 2.06. The van der Waals surface area contributed by atoms with Gasteiger partial charge in [0.15, 0.2) is 0 Å². The largest absolute Gasteiger partial charge is 0.462 e. The molecule has 0 aliphatic heterocycles. The number of ether oxygens (including phenoxy) is 1. The SMILES string of the molecule is CC(C)Oc1nc2ccc([N+](=O)[O-])cc2c(=O)n1CC1CC1. The highest BCUT2D eigenvalue weighted by molar-refractivity contribution is 5.80. The molecule has 0 atom stereocenters. The molecule has 1 aromatic carbocycles. The van der Waals surface area contributed by atoms with E-state index >= 15 is 0 Å². The Morgan fingerprint density at radius 2 is 2.18 bits per heavy atom. The van der Waals surface area contributed by atoms with Gasteiger partial charge in [-0.3, -0.25) is 19.5 Å². The Hall–Kier alpha value is -2.44. The van der Waals surface area contributed by atoms with Crippen LogP contribution in [0.25, 0.3) is 10.9 Å². The third-order valence-corrected chi connectivity index (χ3v) is 3.59. The number of nitro benzene ring substituents is 1. The minimum atomic E-state index is -0.511. The van der Waals surface area contributed by atoms with E-state index in [1.54, 1.807) is 0 Å². The molecule has 1 fully saturated rings. The first-order chi connectivity index (χ1) is 10.5. The molecule has 7 heteroatoms. The molecule has 2 aromatic rings. The first-order valence-corrected chi connectivity index (χ1v) is 7.31. The molecule has 0 radical (unpaired) electrons. The Bertz CT molecular complexity index is 793. The number of hydrogen-bond acceptors (Lipinski definition) is 5. The topological polar surface area (TPSA) is 87.3 Å². The van der Waals surface area contributed by atoms with E-state index < -0.39 is 4.92 Å². The lowest BCUT2D eigenvalue weighted by atomic mass is 10.2. The van der Waals surface area contributed by atoms with E-state index in [0.29, 0.717) is 18.0 Å². The van der Waals surface area contributed by atoms with E-state index in [9.17, 15) is 14.9 Å². The first kappa shape index (κ1) is 14.5. The van der Waals surface area contributed by atoms with Crippen LogP contribution in [-0.2, 0) is 6.54 Å². The van der Waals surface area contributed by atoms with Crippen molar-refractivity contribution in [1.29, 1.82) is 0 Å². The van der Waals surface area contributed by atoms with Crippen molar-refractivity contribution in [2.75, 3.05) is 0 Å². The molecule has 7 nitrogen and oxygen atoms in total. The van der Waals surface area contributed by atoms with Crippen molar-refractivity contribution in [3.05, 3.63) is 38.7 Å². The lowest BCUT2D eigenvalue weighted by Crippen LogP contribution is -2.26. The predicted molar refractivity (Wildman–Crippen MR) is 81.1 cm³/mol. The van der Waals surface area contributed by atoms with Crippen LogP contribution in [0.2, 0.25) is 0 Å². The number of benzene rings is 1. The molecule has 0 bridgehead atoms. The first-order valence-electron chi connectivity index (χ1n) is 7.31. The number of aromatic nitrogens is 2. The fraction of sp³-hybridized carbons (Fsp3) is 0.467. The van der Waals surface area contributed by atoms with Gasteiger partial charge in [-0.15, -0.1) is 0 Å². The minimum absolute atomic E-state index is 0.104. The van der Waals surface area contributed by atoms with Crippen LogP contribution in [0.1, 0.15) is 26.7 Å². The Morgan fingerprint density at radius 1 is 1.45 bits per heavy atom. The average molecular weight is 303 g/mol. The molecule has 1 aliphatic carbocycles. The third-order valence-electron chi connectivity index (χ3n) is 3.59. The summed E-state index contributed by atoms with van der Waals surface area (Å²) in [6, 6.07) is 4.41. The van der Waals surface area contributed by atoms with Crippen LogP contribution in [-0.4, -0.2) is 20.6 Å². The van der Waals surface area contributed by atoms with Crippen LogP contribution in [0.15, 0.2) is 23.0 Å². The normalized spacial score (nSPS) is 14.5. The van der Waals surface area contributed by atoms with Crippen molar-refractivity contribution >= 4 is 16.6 Å². The van der Waals surface area contributed by atoms with Gasteiger partial charge in [0.1, 0.15) is 0 Å². The summed E-state index contributed by atoms with van der Waals surface area (Å²) >= 11 is 0. The summed E-state index contributed by atoms with van der Waals surface area (Å²) in [6.45, 7) is 4.29. The maximum Gasteiger partial charge on any atom is 0.300 e. The van der Waals surface area contributed by atoms with Gasteiger partial charge in [0.2, 0.25) is 0 Å².